The summed E-state index contributed by atoms with van der Waals surface area (Å²) in [7, 11) is 0. The van der Waals surface area contributed by atoms with Crippen molar-refractivity contribution in [1.82, 2.24) is 10.2 Å². The standard InChI is InChI=1S/C16H24BrN3O/c1-16(2,3)18-15(21)12-19-8-10-20(11-9-19)14-6-4-13(17)5-7-14/h4-7H,8-12H2,1-3H3,(H,18,21). The molecule has 1 N–H and O–H groups in total. The van der Waals surface area contributed by atoms with Crippen LogP contribution in [0.4, 0.5) is 5.69 Å². The molecular weight excluding hydrogens is 330 g/mol. The molecule has 0 unspecified atom stereocenters. The second-order valence-electron chi connectivity index (χ2n) is 6.54. The van der Waals surface area contributed by atoms with Gasteiger partial charge in [-0.15, -0.1) is 0 Å². The first kappa shape index (κ1) is 16.3. The second-order valence-corrected chi connectivity index (χ2v) is 7.45. The molecule has 116 valence electrons. The molecule has 2 rings (SSSR count). The molecule has 1 aromatic rings. The summed E-state index contributed by atoms with van der Waals surface area (Å²) >= 11 is 3.46. The fourth-order valence-corrected chi connectivity index (χ4v) is 2.74. The normalized spacial score (nSPS) is 16.9. The van der Waals surface area contributed by atoms with Gasteiger partial charge < -0.3 is 10.2 Å². The number of halogens is 1. The zero-order valence-electron chi connectivity index (χ0n) is 13.0. The summed E-state index contributed by atoms with van der Waals surface area (Å²) in [5.74, 6) is 0.111. The van der Waals surface area contributed by atoms with Gasteiger partial charge in [-0.2, -0.15) is 0 Å². The van der Waals surface area contributed by atoms with Crippen LogP contribution in [0.3, 0.4) is 0 Å². The van der Waals surface area contributed by atoms with Crippen molar-refractivity contribution >= 4 is 27.5 Å². The van der Waals surface area contributed by atoms with Gasteiger partial charge in [0.05, 0.1) is 6.54 Å². The monoisotopic (exact) mass is 353 g/mol. The molecule has 0 atom stereocenters. The van der Waals surface area contributed by atoms with Gasteiger partial charge in [0.25, 0.3) is 0 Å². The number of carbonyl (C=O) groups excluding carboxylic acids is 1. The van der Waals surface area contributed by atoms with Crippen LogP contribution in [0.1, 0.15) is 20.8 Å². The van der Waals surface area contributed by atoms with Crippen LogP contribution in [0.2, 0.25) is 0 Å². The number of nitrogens with one attached hydrogen (secondary N) is 1. The van der Waals surface area contributed by atoms with Crippen molar-refractivity contribution in [2.24, 2.45) is 0 Å². The van der Waals surface area contributed by atoms with Gasteiger partial charge in [-0.1, -0.05) is 15.9 Å². The van der Waals surface area contributed by atoms with Crippen LogP contribution < -0.4 is 10.2 Å². The van der Waals surface area contributed by atoms with Crippen LogP contribution in [0.15, 0.2) is 28.7 Å². The van der Waals surface area contributed by atoms with E-state index in [4.69, 9.17) is 0 Å². The number of hydrogen-bond acceptors (Lipinski definition) is 3. The van der Waals surface area contributed by atoms with Gasteiger partial charge in [-0.3, -0.25) is 9.69 Å². The average Bonchev–Trinajstić information content (AvgIpc) is 2.38. The van der Waals surface area contributed by atoms with Crippen molar-refractivity contribution in [3.05, 3.63) is 28.7 Å². The summed E-state index contributed by atoms with van der Waals surface area (Å²) in [5, 5.41) is 3.02. The third-order valence-electron chi connectivity index (χ3n) is 3.45. The van der Waals surface area contributed by atoms with Gasteiger partial charge in [0.2, 0.25) is 5.91 Å². The zero-order chi connectivity index (χ0) is 15.5. The van der Waals surface area contributed by atoms with E-state index in [1.807, 2.05) is 20.8 Å². The Labute approximate surface area is 135 Å². The molecule has 0 radical (unpaired) electrons. The lowest BCUT2D eigenvalue weighted by Gasteiger charge is -2.36. The van der Waals surface area contributed by atoms with Crippen LogP contribution in [0.5, 0.6) is 0 Å². The Hall–Kier alpha value is -1.07. The van der Waals surface area contributed by atoms with Crippen LogP contribution in [-0.2, 0) is 4.79 Å². The molecule has 4 nitrogen and oxygen atoms in total. The predicted octanol–water partition coefficient (Wildman–Crippen LogP) is 2.49. The predicted molar refractivity (Wildman–Crippen MR) is 90.7 cm³/mol. The first-order valence-electron chi connectivity index (χ1n) is 7.37. The largest absolute Gasteiger partial charge is 0.369 e. The van der Waals surface area contributed by atoms with Crippen molar-refractivity contribution in [2.45, 2.75) is 26.3 Å². The molecule has 0 aromatic heterocycles. The number of nitrogens with zero attached hydrogens (tertiary/aromatic N) is 2. The van der Waals surface area contributed by atoms with E-state index >= 15 is 0 Å². The first-order chi connectivity index (χ1) is 9.83. The third-order valence-corrected chi connectivity index (χ3v) is 3.97. The molecule has 1 aliphatic rings. The maximum Gasteiger partial charge on any atom is 0.234 e. The number of amides is 1. The molecule has 21 heavy (non-hydrogen) atoms. The molecule has 0 bridgehead atoms. The quantitative estimate of drug-likeness (QED) is 0.906. The van der Waals surface area contributed by atoms with Gasteiger partial charge in [-0.05, 0) is 45.0 Å². The van der Waals surface area contributed by atoms with Crippen molar-refractivity contribution < 1.29 is 4.79 Å². The fraction of sp³-hybridized carbons (Fsp3) is 0.562. The summed E-state index contributed by atoms with van der Waals surface area (Å²) in [6, 6.07) is 8.40. The molecule has 1 heterocycles. The summed E-state index contributed by atoms with van der Waals surface area (Å²) in [5.41, 5.74) is 1.09. The second kappa shape index (κ2) is 6.79. The number of piperazine rings is 1. The minimum absolute atomic E-state index is 0.111. The number of carbonyl (C=O) groups is 1. The Morgan fingerprint density at radius 3 is 2.24 bits per heavy atom. The Kier molecular flexibility index (Phi) is 5.27. The smallest absolute Gasteiger partial charge is 0.234 e. The van der Waals surface area contributed by atoms with E-state index in [0.29, 0.717) is 6.54 Å². The lowest BCUT2D eigenvalue weighted by atomic mass is 10.1. The topological polar surface area (TPSA) is 35.6 Å². The highest BCUT2D eigenvalue weighted by atomic mass is 79.9. The Morgan fingerprint density at radius 1 is 1.14 bits per heavy atom. The fourth-order valence-electron chi connectivity index (χ4n) is 2.48. The molecule has 1 amide bonds. The van der Waals surface area contributed by atoms with Crippen molar-refractivity contribution in [3.8, 4) is 0 Å². The van der Waals surface area contributed by atoms with E-state index < -0.39 is 0 Å². The van der Waals surface area contributed by atoms with Crippen LogP contribution >= 0.6 is 15.9 Å². The summed E-state index contributed by atoms with van der Waals surface area (Å²) in [4.78, 5) is 16.5. The van der Waals surface area contributed by atoms with E-state index in [-0.39, 0.29) is 11.4 Å². The van der Waals surface area contributed by atoms with Crippen molar-refractivity contribution in [2.75, 3.05) is 37.6 Å². The first-order valence-corrected chi connectivity index (χ1v) is 8.17. The molecule has 1 fully saturated rings. The molecule has 0 spiro atoms. The van der Waals surface area contributed by atoms with Gasteiger partial charge >= 0.3 is 0 Å². The maximum atomic E-state index is 11.9. The van der Waals surface area contributed by atoms with E-state index in [2.05, 4.69) is 55.3 Å². The zero-order valence-corrected chi connectivity index (χ0v) is 14.6. The van der Waals surface area contributed by atoms with Gasteiger partial charge in [0.15, 0.2) is 0 Å². The van der Waals surface area contributed by atoms with Crippen molar-refractivity contribution in [1.29, 1.82) is 0 Å². The Morgan fingerprint density at radius 2 is 1.71 bits per heavy atom. The summed E-state index contributed by atoms with van der Waals surface area (Å²) in [6.07, 6.45) is 0. The molecule has 5 heteroatoms. The highest BCUT2D eigenvalue weighted by Gasteiger charge is 2.21. The number of rotatable bonds is 3. The van der Waals surface area contributed by atoms with Crippen LogP contribution in [0.25, 0.3) is 0 Å². The molecular formula is C16H24BrN3O. The number of hydrogen-bond donors (Lipinski definition) is 1. The molecule has 0 aliphatic carbocycles. The van der Waals surface area contributed by atoms with Crippen LogP contribution in [0, 0.1) is 0 Å². The molecule has 1 aliphatic heterocycles. The van der Waals surface area contributed by atoms with E-state index in [9.17, 15) is 4.79 Å². The SMILES string of the molecule is CC(C)(C)NC(=O)CN1CCN(c2ccc(Br)cc2)CC1. The highest BCUT2D eigenvalue weighted by molar-refractivity contribution is 9.10. The minimum Gasteiger partial charge on any atom is -0.369 e. The average molecular weight is 354 g/mol. The van der Waals surface area contributed by atoms with Gasteiger partial charge in [0.1, 0.15) is 0 Å². The number of anilines is 1. The Bertz CT molecular complexity index is 473. The summed E-state index contributed by atoms with van der Waals surface area (Å²) < 4.78 is 1.10. The highest BCUT2D eigenvalue weighted by Crippen LogP contribution is 2.19. The summed E-state index contributed by atoms with van der Waals surface area (Å²) in [6.45, 7) is 10.3. The van der Waals surface area contributed by atoms with Gasteiger partial charge in [0, 0.05) is 41.9 Å². The maximum absolute atomic E-state index is 11.9. The number of benzene rings is 1. The van der Waals surface area contributed by atoms with Crippen LogP contribution in [-0.4, -0.2) is 49.1 Å². The molecule has 1 aromatic carbocycles. The van der Waals surface area contributed by atoms with E-state index in [1.165, 1.54) is 5.69 Å². The van der Waals surface area contributed by atoms with Crippen molar-refractivity contribution in [3.63, 3.8) is 0 Å². The third kappa shape index (κ3) is 5.32. The molecule has 1 saturated heterocycles. The lowest BCUT2D eigenvalue weighted by Crippen LogP contribution is -2.51. The minimum atomic E-state index is -0.156. The van der Waals surface area contributed by atoms with Gasteiger partial charge in [-0.25, -0.2) is 0 Å². The van der Waals surface area contributed by atoms with E-state index in [0.717, 1.165) is 30.7 Å². The van der Waals surface area contributed by atoms with E-state index in [1.54, 1.807) is 0 Å². The Balaban J connectivity index is 1.80. The lowest BCUT2D eigenvalue weighted by molar-refractivity contribution is -0.123. The molecule has 0 saturated carbocycles.